The number of rotatable bonds is 4. The topological polar surface area (TPSA) is 37.6 Å². The number of fused-ring (bicyclic) bond motifs is 1. The molecule has 2 aromatic heterocycles. The van der Waals surface area contributed by atoms with Gasteiger partial charge in [0.2, 0.25) is 0 Å². The van der Waals surface area contributed by atoms with Gasteiger partial charge in [-0.1, -0.05) is 19.3 Å². The number of carbonyl (C=O) groups excluding carboxylic acids is 1. The monoisotopic (exact) mass is 371 g/mol. The van der Waals surface area contributed by atoms with E-state index in [0.29, 0.717) is 11.7 Å². The Kier molecular flexibility index (Phi) is 4.76. The Hall–Kier alpha value is -2.21. The maximum Gasteiger partial charge on any atom is 0.271 e. The molecule has 3 aromatic rings. The van der Waals surface area contributed by atoms with E-state index in [1.807, 2.05) is 27.8 Å². The Balaban J connectivity index is 1.65. The molecule has 1 aliphatic carbocycles. The van der Waals surface area contributed by atoms with E-state index >= 15 is 0 Å². The molecule has 1 fully saturated rings. The molecule has 1 amide bonds. The van der Waals surface area contributed by atoms with Gasteiger partial charge in [-0.05, 0) is 44.0 Å². The molecule has 4 rings (SSSR count). The first-order valence-electron chi connectivity index (χ1n) is 9.21. The summed E-state index contributed by atoms with van der Waals surface area (Å²) in [6, 6.07) is 6.62. The molecule has 26 heavy (non-hydrogen) atoms. The van der Waals surface area contributed by atoms with Crippen LogP contribution in [0.25, 0.3) is 16.2 Å². The molecule has 0 unspecified atom stereocenters. The molecule has 1 aliphatic rings. The lowest BCUT2D eigenvalue weighted by Crippen LogP contribution is -2.41. The molecule has 0 radical (unpaired) electrons. The van der Waals surface area contributed by atoms with E-state index in [-0.39, 0.29) is 11.7 Å². The largest absolute Gasteiger partial charge is 0.335 e. The quantitative estimate of drug-likeness (QED) is 0.647. The number of hydrogen-bond acceptors (Lipinski definition) is 3. The fourth-order valence-electron chi connectivity index (χ4n) is 3.80. The number of amides is 1. The summed E-state index contributed by atoms with van der Waals surface area (Å²) < 4.78 is 15.0. The second kappa shape index (κ2) is 7.19. The van der Waals surface area contributed by atoms with Gasteiger partial charge in [-0.2, -0.15) is 0 Å². The fraction of sp³-hybridized carbons (Fsp3) is 0.400. The first-order chi connectivity index (χ1) is 12.7. The maximum atomic E-state index is 13.2. The summed E-state index contributed by atoms with van der Waals surface area (Å²) in [5.41, 5.74) is 2.27. The minimum absolute atomic E-state index is 0.0775. The van der Waals surface area contributed by atoms with Crippen molar-refractivity contribution in [1.82, 2.24) is 14.3 Å². The Bertz CT molecular complexity index is 909. The van der Waals surface area contributed by atoms with Crippen LogP contribution in [0.4, 0.5) is 4.39 Å². The second-order valence-electron chi connectivity index (χ2n) is 6.79. The lowest BCUT2D eigenvalue weighted by Gasteiger charge is -2.33. The highest BCUT2D eigenvalue weighted by molar-refractivity contribution is 7.15. The van der Waals surface area contributed by atoms with E-state index in [4.69, 9.17) is 0 Å². The zero-order valence-corrected chi connectivity index (χ0v) is 15.6. The Morgan fingerprint density at radius 1 is 1.27 bits per heavy atom. The van der Waals surface area contributed by atoms with E-state index < -0.39 is 0 Å². The number of aromatic nitrogens is 2. The number of imidazole rings is 1. The second-order valence-corrected chi connectivity index (χ2v) is 7.63. The summed E-state index contributed by atoms with van der Waals surface area (Å²) in [5, 5.41) is 1.89. The molecule has 0 N–H and O–H groups in total. The molecule has 0 atom stereocenters. The highest BCUT2D eigenvalue weighted by Crippen LogP contribution is 2.27. The molecule has 0 saturated heterocycles. The van der Waals surface area contributed by atoms with Crippen molar-refractivity contribution < 1.29 is 9.18 Å². The molecule has 0 spiro atoms. The van der Waals surface area contributed by atoms with Crippen molar-refractivity contribution in [3.05, 3.63) is 47.4 Å². The van der Waals surface area contributed by atoms with Crippen LogP contribution in [0.5, 0.6) is 0 Å². The van der Waals surface area contributed by atoms with Gasteiger partial charge >= 0.3 is 0 Å². The molecular formula is C20H22FN3OS. The van der Waals surface area contributed by atoms with Gasteiger partial charge in [-0.15, -0.1) is 11.3 Å². The van der Waals surface area contributed by atoms with Crippen LogP contribution in [-0.4, -0.2) is 32.8 Å². The molecular weight excluding hydrogens is 349 g/mol. The summed E-state index contributed by atoms with van der Waals surface area (Å²) in [6.45, 7) is 2.77. The van der Waals surface area contributed by atoms with Crippen molar-refractivity contribution in [1.29, 1.82) is 0 Å². The maximum absolute atomic E-state index is 13.2. The van der Waals surface area contributed by atoms with Crippen molar-refractivity contribution in [2.75, 3.05) is 6.54 Å². The number of benzene rings is 1. The minimum Gasteiger partial charge on any atom is -0.335 e. The zero-order chi connectivity index (χ0) is 18.1. The van der Waals surface area contributed by atoms with E-state index in [1.165, 1.54) is 42.7 Å². The third-order valence-corrected chi connectivity index (χ3v) is 6.03. The van der Waals surface area contributed by atoms with Crippen LogP contribution < -0.4 is 0 Å². The molecule has 4 nitrogen and oxygen atoms in total. The molecule has 1 aromatic carbocycles. The minimum atomic E-state index is -0.267. The molecule has 136 valence electrons. The SMILES string of the molecule is CCN(C(=O)c1csc2nc(-c3ccc(F)cc3)cn12)C1CCCCC1. The number of hydrogen-bond donors (Lipinski definition) is 0. The van der Waals surface area contributed by atoms with Crippen molar-refractivity contribution in [3.8, 4) is 11.3 Å². The average molecular weight is 371 g/mol. The van der Waals surface area contributed by atoms with Gasteiger partial charge < -0.3 is 4.90 Å². The van der Waals surface area contributed by atoms with Crippen LogP contribution in [-0.2, 0) is 0 Å². The van der Waals surface area contributed by atoms with Crippen molar-refractivity contribution in [2.45, 2.75) is 45.1 Å². The summed E-state index contributed by atoms with van der Waals surface area (Å²) >= 11 is 1.47. The van der Waals surface area contributed by atoms with Crippen LogP contribution in [0.3, 0.4) is 0 Å². The van der Waals surface area contributed by atoms with Gasteiger partial charge in [0.05, 0.1) is 5.69 Å². The Labute approximate surface area is 156 Å². The summed E-state index contributed by atoms with van der Waals surface area (Å²) in [7, 11) is 0. The van der Waals surface area contributed by atoms with Gasteiger partial charge in [0, 0.05) is 29.7 Å². The van der Waals surface area contributed by atoms with Gasteiger partial charge in [0.25, 0.3) is 5.91 Å². The number of carbonyl (C=O) groups is 1. The molecule has 2 heterocycles. The molecule has 0 bridgehead atoms. The lowest BCUT2D eigenvalue weighted by molar-refractivity contribution is 0.0641. The third kappa shape index (κ3) is 3.14. The van der Waals surface area contributed by atoms with Crippen LogP contribution in [0.2, 0.25) is 0 Å². The highest BCUT2D eigenvalue weighted by Gasteiger charge is 2.27. The predicted octanol–water partition coefficient (Wildman–Crippen LogP) is 5.00. The van der Waals surface area contributed by atoms with Crippen molar-refractivity contribution in [2.24, 2.45) is 0 Å². The normalized spacial score (nSPS) is 15.5. The smallest absolute Gasteiger partial charge is 0.271 e. The van der Waals surface area contributed by atoms with E-state index in [9.17, 15) is 9.18 Å². The third-order valence-electron chi connectivity index (χ3n) is 5.19. The Morgan fingerprint density at radius 2 is 2.00 bits per heavy atom. The molecule has 6 heteroatoms. The van der Waals surface area contributed by atoms with Gasteiger partial charge in [-0.3, -0.25) is 9.20 Å². The van der Waals surface area contributed by atoms with Crippen LogP contribution in [0.15, 0.2) is 35.8 Å². The first kappa shape index (κ1) is 17.2. The van der Waals surface area contributed by atoms with Crippen LogP contribution >= 0.6 is 11.3 Å². The standard InChI is InChI=1S/C20H22FN3OS/c1-2-23(16-6-4-3-5-7-16)19(25)18-13-26-20-22-17(12-24(18)20)14-8-10-15(21)11-9-14/h8-13,16H,2-7H2,1H3. The average Bonchev–Trinajstić information content (AvgIpc) is 3.24. The number of halogens is 1. The number of nitrogens with zero attached hydrogens (tertiary/aromatic N) is 3. The van der Waals surface area contributed by atoms with E-state index in [2.05, 4.69) is 4.98 Å². The zero-order valence-electron chi connectivity index (χ0n) is 14.8. The number of thiazole rings is 1. The van der Waals surface area contributed by atoms with Crippen LogP contribution in [0, 0.1) is 5.82 Å². The van der Waals surface area contributed by atoms with Crippen LogP contribution in [0.1, 0.15) is 49.5 Å². The van der Waals surface area contributed by atoms with Gasteiger partial charge in [0.1, 0.15) is 11.5 Å². The highest BCUT2D eigenvalue weighted by atomic mass is 32.1. The molecule has 1 saturated carbocycles. The van der Waals surface area contributed by atoms with Crippen molar-refractivity contribution in [3.63, 3.8) is 0 Å². The molecule has 0 aliphatic heterocycles. The van der Waals surface area contributed by atoms with E-state index in [1.54, 1.807) is 12.1 Å². The van der Waals surface area contributed by atoms with Gasteiger partial charge in [0.15, 0.2) is 4.96 Å². The summed E-state index contributed by atoms with van der Waals surface area (Å²) in [4.78, 5) is 20.6. The fourth-order valence-corrected chi connectivity index (χ4v) is 4.65. The Morgan fingerprint density at radius 3 is 2.69 bits per heavy atom. The van der Waals surface area contributed by atoms with E-state index in [0.717, 1.165) is 35.6 Å². The lowest BCUT2D eigenvalue weighted by atomic mass is 9.94. The predicted molar refractivity (Wildman–Crippen MR) is 102 cm³/mol. The summed E-state index contributed by atoms with van der Waals surface area (Å²) in [5.74, 6) is -0.189. The summed E-state index contributed by atoms with van der Waals surface area (Å²) in [6.07, 6.45) is 7.74. The van der Waals surface area contributed by atoms with Gasteiger partial charge in [-0.25, -0.2) is 9.37 Å². The van der Waals surface area contributed by atoms with Crippen molar-refractivity contribution >= 4 is 22.2 Å². The first-order valence-corrected chi connectivity index (χ1v) is 10.1.